The molecular weight excluding hydrogens is 380 g/mol. The fraction of sp³-hybridized carbons (Fsp3) is 0.391. The first-order chi connectivity index (χ1) is 14.6. The summed E-state index contributed by atoms with van der Waals surface area (Å²) in [6, 6.07) is 15.6. The number of rotatable bonds is 10. The number of hydrogen-bond donors (Lipinski definition) is 2. The number of carbonyl (C=O) groups is 1. The van der Waals surface area contributed by atoms with Crippen LogP contribution in [0.3, 0.4) is 0 Å². The maximum atomic E-state index is 11.6. The van der Waals surface area contributed by atoms with E-state index in [0.29, 0.717) is 25.4 Å². The molecule has 2 aromatic carbocycles. The molecule has 0 atom stereocenters. The molecule has 0 bridgehead atoms. The molecule has 0 aromatic heterocycles. The maximum absolute atomic E-state index is 11.6. The Balaban J connectivity index is 2.04. The zero-order valence-corrected chi connectivity index (χ0v) is 18.3. The minimum absolute atomic E-state index is 0.00481. The molecular formula is C23H32N4O3. The number of amides is 1. The van der Waals surface area contributed by atoms with Gasteiger partial charge in [-0.25, -0.2) is 4.99 Å². The molecule has 2 aromatic rings. The average molecular weight is 413 g/mol. The second-order valence-electron chi connectivity index (χ2n) is 6.73. The lowest BCUT2D eigenvalue weighted by molar-refractivity contribution is -0.122. The zero-order valence-electron chi connectivity index (χ0n) is 18.3. The Bertz CT molecular complexity index is 839. The summed E-state index contributed by atoms with van der Waals surface area (Å²) >= 11 is 0. The van der Waals surface area contributed by atoms with E-state index in [1.54, 1.807) is 7.11 Å². The fourth-order valence-electron chi connectivity index (χ4n) is 2.93. The summed E-state index contributed by atoms with van der Waals surface area (Å²) in [4.78, 5) is 18.4. The van der Waals surface area contributed by atoms with Crippen molar-refractivity contribution in [1.29, 1.82) is 0 Å². The third-order valence-electron chi connectivity index (χ3n) is 4.35. The first-order valence-electron chi connectivity index (χ1n) is 10.2. The van der Waals surface area contributed by atoms with Crippen LogP contribution >= 0.6 is 0 Å². The summed E-state index contributed by atoms with van der Waals surface area (Å²) in [6.07, 6.45) is 0. The SMILES string of the molecule is CCNC(=O)COc1cccc(CN=C(NCC)N(C)Cc2ccccc2OC)c1. The van der Waals surface area contributed by atoms with Crippen molar-refractivity contribution in [2.75, 3.05) is 33.9 Å². The van der Waals surface area contributed by atoms with Crippen LogP contribution in [0.15, 0.2) is 53.5 Å². The molecule has 0 fully saturated rings. The van der Waals surface area contributed by atoms with Gasteiger partial charge in [0.05, 0.1) is 13.7 Å². The van der Waals surface area contributed by atoms with Gasteiger partial charge in [-0.15, -0.1) is 0 Å². The molecule has 30 heavy (non-hydrogen) atoms. The predicted octanol–water partition coefficient (Wildman–Crippen LogP) is 2.81. The Morgan fingerprint density at radius 2 is 1.83 bits per heavy atom. The molecule has 0 aliphatic rings. The Labute approximate surface area is 179 Å². The molecule has 2 N–H and O–H groups in total. The van der Waals surface area contributed by atoms with Crippen molar-refractivity contribution in [1.82, 2.24) is 15.5 Å². The van der Waals surface area contributed by atoms with Gasteiger partial charge in [0.2, 0.25) is 0 Å². The zero-order chi connectivity index (χ0) is 21.8. The number of benzene rings is 2. The molecule has 0 heterocycles. The lowest BCUT2D eigenvalue weighted by Gasteiger charge is -2.23. The Morgan fingerprint density at radius 3 is 2.57 bits per heavy atom. The van der Waals surface area contributed by atoms with Crippen molar-refractivity contribution in [2.45, 2.75) is 26.9 Å². The number of likely N-dealkylation sites (N-methyl/N-ethyl adjacent to an activating group) is 1. The predicted molar refractivity (Wildman–Crippen MR) is 120 cm³/mol. The minimum atomic E-state index is -0.131. The quantitative estimate of drug-likeness (QED) is 0.464. The number of carbonyl (C=O) groups excluding carboxylic acids is 1. The summed E-state index contributed by atoms with van der Waals surface area (Å²) in [5, 5.41) is 6.05. The standard InChI is InChI=1S/C23H32N4O3/c1-5-24-22(28)17-30-20-12-9-10-18(14-20)15-26-23(25-6-2)27(3)16-19-11-7-8-13-21(19)29-4/h7-14H,5-6,15-17H2,1-4H3,(H,24,28)(H,25,26). The van der Waals surface area contributed by atoms with Crippen molar-refractivity contribution in [2.24, 2.45) is 4.99 Å². The van der Waals surface area contributed by atoms with E-state index in [-0.39, 0.29) is 12.5 Å². The summed E-state index contributed by atoms with van der Waals surface area (Å²) < 4.78 is 11.0. The molecule has 1 amide bonds. The van der Waals surface area contributed by atoms with Gasteiger partial charge in [0.25, 0.3) is 5.91 Å². The molecule has 0 saturated heterocycles. The second kappa shape index (κ2) is 12.4. The van der Waals surface area contributed by atoms with E-state index in [9.17, 15) is 4.79 Å². The Kier molecular flexibility index (Phi) is 9.51. The van der Waals surface area contributed by atoms with Crippen LogP contribution in [-0.4, -0.2) is 50.6 Å². The van der Waals surface area contributed by atoms with Crippen LogP contribution in [0.4, 0.5) is 0 Å². The van der Waals surface area contributed by atoms with Gasteiger partial charge in [0, 0.05) is 32.2 Å². The first-order valence-corrected chi connectivity index (χ1v) is 10.2. The highest BCUT2D eigenvalue weighted by molar-refractivity contribution is 5.79. The van der Waals surface area contributed by atoms with Gasteiger partial charge in [0.15, 0.2) is 12.6 Å². The summed E-state index contributed by atoms with van der Waals surface area (Å²) in [6.45, 7) is 6.45. The number of methoxy groups -OCH3 is 1. The van der Waals surface area contributed by atoms with Crippen molar-refractivity contribution < 1.29 is 14.3 Å². The molecule has 7 nitrogen and oxygen atoms in total. The maximum Gasteiger partial charge on any atom is 0.257 e. The molecule has 0 saturated carbocycles. The van der Waals surface area contributed by atoms with Crippen LogP contribution in [0.1, 0.15) is 25.0 Å². The van der Waals surface area contributed by atoms with Gasteiger partial charge in [-0.05, 0) is 37.6 Å². The van der Waals surface area contributed by atoms with Gasteiger partial charge in [-0.3, -0.25) is 4.79 Å². The highest BCUT2D eigenvalue weighted by Gasteiger charge is 2.10. The summed E-state index contributed by atoms with van der Waals surface area (Å²) in [5.74, 6) is 2.18. The van der Waals surface area contributed by atoms with Crippen molar-refractivity contribution in [3.63, 3.8) is 0 Å². The van der Waals surface area contributed by atoms with E-state index in [0.717, 1.165) is 29.4 Å². The summed E-state index contributed by atoms with van der Waals surface area (Å²) in [7, 11) is 3.68. The topological polar surface area (TPSA) is 75.2 Å². The van der Waals surface area contributed by atoms with Gasteiger partial charge in [-0.1, -0.05) is 30.3 Å². The molecule has 162 valence electrons. The lowest BCUT2D eigenvalue weighted by Crippen LogP contribution is -2.38. The van der Waals surface area contributed by atoms with Crippen LogP contribution in [0, 0.1) is 0 Å². The van der Waals surface area contributed by atoms with E-state index in [4.69, 9.17) is 14.5 Å². The van der Waals surface area contributed by atoms with Crippen LogP contribution in [-0.2, 0) is 17.9 Å². The smallest absolute Gasteiger partial charge is 0.257 e. The number of nitrogens with one attached hydrogen (secondary N) is 2. The molecule has 0 aliphatic carbocycles. The van der Waals surface area contributed by atoms with Crippen LogP contribution in [0.5, 0.6) is 11.5 Å². The van der Waals surface area contributed by atoms with Crippen molar-refractivity contribution in [3.8, 4) is 11.5 Å². The fourth-order valence-corrected chi connectivity index (χ4v) is 2.93. The van der Waals surface area contributed by atoms with Gasteiger partial charge in [0.1, 0.15) is 11.5 Å². The van der Waals surface area contributed by atoms with Crippen LogP contribution in [0.25, 0.3) is 0 Å². The average Bonchev–Trinajstić information content (AvgIpc) is 2.76. The largest absolute Gasteiger partial charge is 0.496 e. The van der Waals surface area contributed by atoms with E-state index in [1.165, 1.54) is 0 Å². The normalized spacial score (nSPS) is 11.0. The number of para-hydroxylation sites is 1. The summed E-state index contributed by atoms with van der Waals surface area (Å²) in [5.41, 5.74) is 2.10. The third kappa shape index (κ3) is 7.31. The number of aliphatic imine (C=N–C) groups is 1. The highest BCUT2D eigenvalue weighted by atomic mass is 16.5. The molecule has 0 unspecified atom stereocenters. The highest BCUT2D eigenvalue weighted by Crippen LogP contribution is 2.19. The monoisotopic (exact) mass is 412 g/mol. The van der Waals surface area contributed by atoms with Gasteiger partial charge >= 0.3 is 0 Å². The Hall–Kier alpha value is -3.22. The third-order valence-corrected chi connectivity index (χ3v) is 4.35. The Morgan fingerprint density at radius 1 is 1.07 bits per heavy atom. The minimum Gasteiger partial charge on any atom is -0.496 e. The number of ether oxygens (including phenoxy) is 2. The second-order valence-corrected chi connectivity index (χ2v) is 6.73. The van der Waals surface area contributed by atoms with E-state index < -0.39 is 0 Å². The van der Waals surface area contributed by atoms with Gasteiger partial charge in [-0.2, -0.15) is 0 Å². The molecule has 7 heteroatoms. The van der Waals surface area contributed by atoms with E-state index in [1.807, 2.05) is 63.4 Å². The van der Waals surface area contributed by atoms with Crippen LogP contribution in [0.2, 0.25) is 0 Å². The van der Waals surface area contributed by atoms with Crippen molar-refractivity contribution in [3.05, 3.63) is 59.7 Å². The molecule has 0 radical (unpaired) electrons. The van der Waals surface area contributed by atoms with Crippen molar-refractivity contribution >= 4 is 11.9 Å². The van der Waals surface area contributed by atoms with Gasteiger partial charge < -0.3 is 25.0 Å². The molecule has 0 aliphatic heterocycles. The number of hydrogen-bond acceptors (Lipinski definition) is 4. The van der Waals surface area contributed by atoms with E-state index in [2.05, 4.69) is 21.6 Å². The van der Waals surface area contributed by atoms with E-state index >= 15 is 0 Å². The lowest BCUT2D eigenvalue weighted by atomic mass is 10.2. The number of nitrogens with zero attached hydrogens (tertiary/aromatic N) is 2. The first kappa shape index (κ1) is 23.1. The molecule has 0 spiro atoms. The molecule has 2 rings (SSSR count). The van der Waals surface area contributed by atoms with Crippen LogP contribution < -0.4 is 20.1 Å². The number of guanidine groups is 1.